The average molecular weight is 370 g/mol. The number of piperidine rings is 3. The van der Waals surface area contributed by atoms with E-state index in [0.717, 1.165) is 25.8 Å². The molecular formula is C22H30N2O3. The number of methoxy groups -OCH3 is 1. The summed E-state index contributed by atoms with van der Waals surface area (Å²) in [5, 5.41) is 10.5. The summed E-state index contributed by atoms with van der Waals surface area (Å²) in [7, 11) is 3.70. The molecule has 3 saturated heterocycles. The van der Waals surface area contributed by atoms with Gasteiger partial charge in [0.25, 0.3) is 0 Å². The van der Waals surface area contributed by atoms with Gasteiger partial charge >= 0.3 is 5.97 Å². The second kappa shape index (κ2) is 5.95. The van der Waals surface area contributed by atoms with Crippen LogP contribution < -0.4 is 0 Å². The number of rotatable bonds is 2. The van der Waals surface area contributed by atoms with E-state index in [1.54, 1.807) is 0 Å². The summed E-state index contributed by atoms with van der Waals surface area (Å²) in [5.41, 5.74) is 6.45. The van der Waals surface area contributed by atoms with E-state index in [2.05, 4.69) is 29.5 Å². The molecule has 0 amide bonds. The number of hydrogen-bond donors (Lipinski definition) is 1. The standard InChI is InChI=1S/C22H30N2O3/c1-4-13-11-24-18-10-16(13)22(12-25,21(26)27-3)19(24)9-15-14-7-5-6-8-17(14)23(2)20(15)18/h4,16,18-19,25H,5-12H2,1-3H3/b13-4-. The number of hydrogen-bond acceptors (Lipinski definition) is 4. The normalized spacial score (nSPS) is 37.9. The molecule has 1 aromatic heterocycles. The zero-order valence-electron chi connectivity index (χ0n) is 16.6. The third-order valence-corrected chi connectivity index (χ3v) is 8.08. The SMILES string of the molecule is C/C=C1/CN2C3CC1C(CO)(C(=O)OC)C2Cc1c2c(n(C)c13)CCCC2. The number of fused-ring (bicyclic) bond motifs is 4. The average Bonchev–Trinajstić information content (AvgIpc) is 3.00. The van der Waals surface area contributed by atoms with Crippen molar-refractivity contribution in [3.8, 4) is 0 Å². The Morgan fingerprint density at radius 1 is 1.33 bits per heavy atom. The monoisotopic (exact) mass is 370 g/mol. The Morgan fingerprint density at radius 3 is 2.81 bits per heavy atom. The Balaban J connectivity index is 1.71. The number of aliphatic hydroxyl groups excluding tert-OH is 1. The van der Waals surface area contributed by atoms with Crippen molar-refractivity contribution in [2.24, 2.45) is 18.4 Å². The lowest BCUT2D eigenvalue weighted by Gasteiger charge is -2.62. The minimum atomic E-state index is -0.833. The molecule has 1 N–H and O–H groups in total. The van der Waals surface area contributed by atoms with Gasteiger partial charge in [-0.2, -0.15) is 0 Å². The first-order chi connectivity index (χ1) is 13.1. The zero-order chi connectivity index (χ0) is 18.9. The lowest BCUT2D eigenvalue weighted by molar-refractivity contribution is -0.183. The molecule has 5 atom stereocenters. The van der Waals surface area contributed by atoms with Crippen molar-refractivity contribution in [1.29, 1.82) is 0 Å². The minimum Gasteiger partial charge on any atom is -0.468 e. The van der Waals surface area contributed by atoms with E-state index in [4.69, 9.17) is 4.74 Å². The maximum Gasteiger partial charge on any atom is 0.316 e. The van der Waals surface area contributed by atoms with Crippen molar-refractivity contribution in [2.45, 2.75) is 57.5 Å². The van der Waals surface area contributed by atoms with Crippen molar-refractivity contribution in [1.82, 2.24) is 9.47 Å². The van der Waals surface area contributed by atoms with Crippen molar-refractivity contribution in [2.75, 3.05) is 20.3 Å². The summed E-state index contributed by atoms with van der Waals surface area (Å²) in [6, 6.07) is 0.385. The summed E-state index contributed by atoms with van der Waals surface area (Å²) in [6.07, 6.45) is 8.77. The Labute approximate surface area is 161 Å². The first-order valence-electron chi connectivity index (χ1n) is 10.4. The van der Waals surface area contributed by atoms with Crippen molar-refractivity contribution in [3.05, 3.63) is 34.2 Å². The number of aromatic nitrogens is 1. The molecular weight excluding hydrogens is 340 g/mol. The van der Waals surface area contributed by atoms with Crippen LogP contribution >= 0.6 is 0 Å². The van der Waals surface area contributed by atoms with Gasteiger partial charge in [0.15, 0.2) is 0 Å². The predicted molar refractivity (Wildman–Crippen MR) is 102 cm³/mol. The molecule has 0 spiro atoms. The highest BCUT2D eigenvalue weighted by atomic mass is 16.5. The summed E-state index contributed by atoms with van der Waals surface area (Å²) in [5.74, 6) is -0.171. The largest absolute Gasteiger partial charge is 0.468 e. The molecule has 5 nitrogen and oxygen atoms in total. The molecule has 6 rings (SSSR count). The third-order valence-electron chi connectivity index (χ3n) is 8.08. The second-order valence-corrected chi connectivity index (χ2v) is 8.81. The van der Waals surface area contributed by atoms with Crippen LogP contribution in [0.25, 0.3) is 0 Å². The molecule has 146 valence electrons. The van der Waals surface area contributed by atoms with Gasteiger partial charge < -0.3 is 14.4 Å². The Bertz CT molecular complexity index is 839. The molecule has 27 heavy (non-hydrogen) atoms. The molecule has 0 aromatic carbocycles. The summed E-state index contributed by atoms with van der Waals surface area (Å²) >= 11 is 0. The smallest absolute Gasteiger partial charge is 0.316 e. The van der Waals surface area contributed by atoms with Crippen LogP contribution in [-0.4, -0.2) is 46.8 Å². The van der Waals surface area contributed by atoms with Crippen LogP contribution in [0.4, 0.5) is 0 Å². The van der Waals surface area contributed by atoms with Crippen LogP contribution in [0, 0.1) is 11.3 Å². The number of aliphatic hydroxyl groups is 1. The van der Waals surface area contributed by atoms with Crippen LogP contribution in [-0.2, 0) is 35.8 Å². The maximum atomic E-state index is 13.0. The predicted octanol–water partition coefficient (Wildman–Crippen LogP) is 2.30. The van der Waals surface area contributed by atoms with Gasteiger partial charge in [0.1, 0.15) is 5.41 Å². The highest BCUT2D eigenvalue weighted by Crippen LogP contribution is 2.60. The first kappa shape index (κ1) is 17.5. The Hall–Kier alpha value is -1.59. The molecule has 1 aromatic rings. The van der Waals surface area contributed by atoms with E-state index in [0.29, 0.717) is 6.04 Å². The molecule has 4 aliphatic heterocycles. The minimum absolute atomic E-state index is 0.0309. The molecule has 0 saturated carbocycles. The molecule has 4 bridgehead atoms. The van der Waals surface area contributed by atoms with Gasteiger partial charge in [-0.1, -0.05) is 11.6 Å². The summed E-state index contributed by atoms with van der Waals surface area (Å²) in [6.45, 7) is 2.82. The van der Waals surface area contributed by atoms with Crippen molar-refractivity contribution < 1.29 is 14.6 Å². The second-order valence-electron chi connectivity index (χ2n) is 8.81. The maximum absolute atomic E-state index is 13.0. The van der Waals surface area contributed by atoms with Crippen LogP contribution in [0.3, 0.4) is 0 Å². The zero-order valence-corrected chi connectivity index (χ0v) is 16.6. The topological polar surface area (TPSA) is 54.7 Å². The number of nitrogens with zero attached hydrogens (tertiary/aromatic N) is 2. The number of carbonyl (C=O) groups is 1. The van der Waals surface area contributed by atoms with Gasteiger partial charge in [-0.15, -0.1) is 0 Å². The highest BCUT2D eigenvalue weighted by molar-refractivity contribution is 5.80. The van der Waals surface area contributed by atoms with E-state index >= 15 is 0 Å². The van der Waals surface area contributed by atoms with E-state index in [9.17, 15) is 9.90 Å². The van der Waals surface area contributed by atoms with E-state index < -0.39 is 5.41 Å². The Morgan fingerprint density at radius 2 is 2.11 bits per heavy atom. The van der Waals surface area contributed by atoms with Gasteiger partial charge in [-0.05, 0) is 56.6 Å². The molecule has 1 aliphatic carbocycles. The van der Waals surface area contributed by atoms with E-state index in [-0.39, 0.29) is 24.5 Å². The fraction of sp³-hybridized carbons (Fsp3) is 0.682. The van der Waals surface area contributed by atoms with Gasteiger partial charge in [-0.25, -0.2) is 0 Å². The van der Waals surface area contributed by atoms with E-state index in [1.807, 2.05) is 0 Å². The molecule has 3 fully saturated rings. The lowest BCUT2D eigenvalue weighted by atomic mass is 9.55. The van der Waals surface area contributed by atoms with Crippen LogP contribution in [0.1, 0.15) is 54.7 Å². The van der Waals surface area contributed by atoms with Gasteiger partial charge in [0.2, 0.25) is 0 Å². The summed E-state index contributed by atoms with van der Waals surface area (Å²) < 4.78 is 7.74. The number of allylic oxidation sites excluding steroid dienone is 1. The third kappa shape index (κ3) is 1.99. The van der Waals surface area contributed by atoms with Gasteiger partial charge in [0, 0.05) is 36.9 Å². The van der Waals surface area contributed by atoms with Gasteiger partial charge in [-0.3, -0.25) is 9.69 Å². The number of esters is 1. The first-order valence-corrected chi connectivity index (χ1v) is 10.4. The fourth-order valence-electron chi connectivity index (χ4n) is 6.88. The van der Waals surface area contributed by atoms with Crippen molar-refractivity contribution in [3.63, 3.8) is 0 Å². The van der Waals surface area contributed by atoms with Crippen LogP contribution in [0.15, 0.2) is 11.6 Å². The molecule has 5 heteroatoms. The Kier molecular flexibility index (Phi) is 3.86. The quantitative estimate of drug-likeness (QED) is 0.641. The fourth-order valence-corrected chi connectivity index (χ4v) is 6.88. The lowest BCUT2D eigenvalue weighted by Crippen LogP contribution is -2.69. The van der Waals surface area contributed by atoms with Crippen LogP contribution in [0.2, 0.25) is 0 Å². The highest BCUT2D eigenvalue weighted by Gasteiger charge is 2.65. The summed E-state index contributed by atoms with van der Waals surface area (Å²) in [4.78, 5) is 15.5. The van der Waals surface area contributed by atoms with Crippen LogP contribution in [0.5, 0.6) is 0 Å². The molecule has 0 radical (unpaired) electrons. The molecule has 5 aliphatic rings. The van der Waals surface area contributed by atoms with Gasteiger partial charge in [0.05, 0.1) is 19.8 Å². The van der Waals surface area contributed by atoms with Crippen molar-refractivity contribution >= 4 is 5.97 Å². The molecule has 5 unspecified atom stereocenters. The molecule has 5 heterocycles. The number of carbonyl (C=O) groups excluding carboxylic acids is 1. The van der Waals surface area contributed by atoms with E-state index in [1.165, 1.54) is 54.5 Å². The number of ether oxygens (including phenoxy) is 1.